The summed E-state index contributed by atoms with van der Waals surface area (Å²) in [6, 6.07) is 5.77. The SMILES string of the molecule is O=C(Cc1cn2ccccc2n1)N1CCCC1CO. The van der Waals surface area contributed by atoms with Crippen LogP contribution in [0.2, 0.25) is 0 Å². The normalized spacial score (nSPS) is 19.2. The quantitative estimate of drug-likeness (QED) is 0.889. The molecule has 1 aliphatic heterocycles. The van der Waals surface area contributed by atoms with Crippen molar-refractivity contribution in [2.45, 2.75) is 25.3 Å². The lowest BCUT2D eigenvalue weighted by Crippen LogP contribution is -2.38. The molecule has 2 aromatic heterocycles. The zero-order chi connectivity index (χ0) is 13.2. The molecule has 0 aromatic carbocycles. The zero-order valence-corrected chi connectivity index (χ0v) is 10.7. The third kappa shape index (κ3) is 2.33. The molecular weight excluding hydrogens is 242 g/mol. The number of fused-ring (bicyclic) bond motifs is 1. The Morgan fingerprint density at radius 2 is 2.37 bits per heavy atom. The Balaban J connectivity index is 1.75. The zero-order valence-electron chi connectivity index (χ0n) is 10.7. The van der Waals surface area contributed by atoms with Gasteiger partial charge in [0.05, 0.1) is 24.8 Å². The second-order valence-corrected chi connectivity index (χ2v) is 4.94. The Kier molecular flexibility index (Phi) is 3.21. The molecule has 5 nitrogen and oxygen atoms in total. The molecule has 3 heterocycles. The lowest BCUT2D eigenvalue weighted by atomic mass is 10.2. The molecular formula is C14H17N3O2. The number of hydrogen-bond acceptors (Lipinski definition) is 3. The highest BCUT2D eigenvalue weighted by molar-refractivity contribution is 5.79. The van der Waals surface area contributed by atoms with Crippen LogP contribution in [0, 0.1) is 0 Å². The van der Waals surface area contributed by atoms with Crippen LogP contribution in [-0.2, 0) is 11.2 Å². The van der Waals surface area contributed by atoms with Crippen molar-refractivity contribution in [3.05, 3.63) is 36.3 Å². The molecule has 5 heteroatoms. The predicted octanol–water partition coefficient (Wildman–Crippen LogP) is 0.860. The van der Waals surface area contributed by atoms with Crippen molar-refractivity contribution in [2.24, 2.45) is 0 Å². The van der Waals surface area contributed by atoms with Gasteiger partial charge in [-0.2, -0.15) is 0 Å². The van der Waals surface area contributed by atoms with Gasteiger partial charge in [-0.15, -0.1) is 0 Å². The number of pyridine rings is 1. The number of likely N-dealkylation sites (tertiary alicyclic amines) is 1. The lowest BCUT2D eigenvalue weighted by Gasteiger charge is -2.22. The standard InChI is InChI=1S/C14H17N3O2/c18-10-12-4-3-7-17(12)14(19)8-11-9-16-6-2-1-5-13(16)15-11/h1-2,5-6,9,12,18H,3-4,7-8,10H2. The fourth-order valence-electron chi connectivity index (χ4n) is 2.68. The van der Waals surface area contributed by atoms with Crippen LogP contribution in [0.25, 0.3) is 5.65 Å². The smallest absolute Gasteiger partial charge is 0.228 e. The largest absolute Gasteiger partial charge is 0.394 e. The van der Waals surface area contributed by atoms with E-state index in [2.05, 4.69) is 4.98 Å². The third-order valence-electron chi connectivity index (χ3n) is 3.65. The molecule has 1 atom stereocenters. The van der Waals surface area contributed by atoms with E-state index < -0.39 is 0 Å². The van der Waals surface area contributed by atoms with Crippen molar-refractivity contribution < 1.29 is 9.90 Å². The maximum atomic E-state index is 12.2. The number of aromatic nitrogens is 2. The van der Waals surface area contributed by atoms with E-state index in [-0.39, 0.29) is 18.6 Å². The molecule has 0 saturated carbocycles. The molecule has 0 spiro atoms. The van der Waals surface area contributed by atoms with Crippen molar-refractivity contribution in [2.75, 3.05) is 13.2 Å². The topological polar surface area (TPSA) is 57.8 Å². The average Bonchev–Trinajstić information content (AvgIpc) is 3.03. The molecule has 1 N–H and O–H groups in total. The number of imidazole rings is 1. The number of hydrogen-bond donors (Lipinski definition) is 1. The van der Waals surface area contributed by atoms with Crippen LogP contribution in [-0.4, -0.2) is 44.5 Å². The molecule has 0 radical (unpaired) electrons. The monoisotopic (exact) mass is 259 g/mol. The van der Waals surface area contributed by atoms with Crippen molar-refractivity contribution in [1.82, 2.24) is 14.3 Å². The van der Waals surface area contributed by atoms with E-state index in [1.165, 1.54) is 0 Å². The van der Waals surface area contributed by atoms with E-state index in [4.69, 9.17) is 0 Å². The number of rotatable bonds is 3. The molecule has 100 valence electrons. The van der Waals surface area contributed by atoms with Crippen LogP contribution in [0.1, 0.15) is 18.5 Å². The van der Waals surface area contributed by atoms with Crippen LogP contribution >= 0.6 is 0 Å². The minimum atomic E-state index is -0.00969. The number of nitrogens with zero attached hydrogens (tertiary/aromatic N) is 3. The first-order chi connectivity index (χ1) is 9.28. The summed E-state index contributed by atoms with van der Waals surface area (Å²) in [5, 5.41) is 9.25. The summed E-state index contributed by atoms with van der Waals surface area (Å²) in [6.07, 6.45) is 5.98. The second kappa shape index (κ2) is 5.01. The summed E-state index contributed by atoms with van der Waals surface area (Å²) in [5.74, 6) is 0.0555. The summed E-state index contributed by atoms with van der Waals surface area (Å²) in [5.41, 5.74) is 1.63. The van der Waals surface area contributed by atoms with E-state index in [1.54, 1.807) is 4.90 Å². The van der Waals surface area contributed by atoms with E-state index in [1.807, 2.05) is 35.0 Å². The molecule has 3 rings (SSSR count). The maximum Gasteiger partial charge on any atom is 0.228 e. The van der Waals surface area contributed by atoms with Crippen LogP contribution in [0.3, 0.4) is 0 Å². The summed E-state index contributed by atoms with van der Waals surface area (Å²) in [4.78, 5) is 18.4. The summed E-state index contributed by atoms with van der Waals surface area (Å²) >= 11 is 0. The van der Waals surface area contributed by atoms with E-state index in [0.29, 0.717) is 6.42 Å². The fraction of sp³-hybridized carbons (Fsp3) is 0.429. The summed E-state index contributed by atoms with van der Waals surface area (Å²) in [6.45, 7) is 0.800. The molecule has 1 unspecified atom stereocenters. The van der Waals surface area contributed by atoms with Crippen LogP contribution in [0.5, 0.6) is 0 Å². The highest BCUT2D eigenvalue weighted by Crippen LogP contribution is 2.18. The van der Waals surface area contributed by atoms with E-state index in [0.717, 1.165) is 30.7 Å². The Labute approximate surface area is 111 Å². The molecule has 1 saturated heterocycles. The van der Waals surface area contributed by atoms with Crippen LogP contribution in [0.4, 0.5) is 0 Å². The highest BCUT2D eigenvalue weighted by Gasteiger charge is 2.28. The molecule has 1 amide bonds. The first kappa shape index (κ1) is 12.2. The Morgan fingerprint density at radius 1 is 1.47 bits per heavy atom. The third-order valence-corrected chi connectivity index (χ3v) is 3.65. The van der Waals surface area contributed by atoms with Crippen molar-refractivity contribution >= 4 is 11.6 Å². The minimum absolute atomic E-state index is 0.00969. The Bertz CT molecular complexity index is 560. The van der Waals surface area contributed by atoms with Gasteiger partial charge < -0.3 is 14.4 Å². The first-order valence-electron chi connectivity index (χ1n) is 6.61. The van der Waals surface area contributed by atoms with Gasteiger partial charge in [0.2, 0.25) is 5.91 Å². The van der Waals surface area contributed by atoms with Crippen molar-refractivity contribution in [1.29, 1.82) is 0 Å². The number of amides is 1. The van der Waals surface area contributed by atoms with Crippen molar-refractivity contribution in [3.8, 4) is 0 Å². The Hall–Kier alpha value is -1.88. The number of carbonyl (C=O) groups is 1. The van der Waals surface area contributed by atoms with E-state index >= 15 is 0 Å². The predicted molar refractivity (Wildman–Crippen MR) is 70.7 cm³/mol. The molecule has 1 aliphatic rings. The summed E-state index contributed by atoms with van der Waals surface area (Å²) < 4.78 is 1.91. The van der Waals surface area contributed by atoms with Gasteiger partial charge in [0, 0.05) is 18.9 Å². The van der Waals surface area contributed by atoms with Gasteiger partial charge in [0.15, 0.2) is 0 Å². The fourth-order valence-corrected chi connectivity index (χ4v) is 2.68. The highest BCUT2D eigenvalue weighted by atomic mass is 16.3. The second-order valence-electron chi connectivity index (χ2n) is 4.94. The van der Waals surface area contributed by atoms with Crippen molar-refractivity contribution in [3.63, 3.8) is 0 Å². The average molecular weight is 259 g/mol. The van der Waals surface area contributed by atoms with Gasteiger partial charge in [-0.25, -0.2) is 4.98 Å². The number of aliphatic hydroxyl groups excluding tert-OH is 1. The molecule has 19 heavy (non-hydrogen) atoms. The van der Waals surface area contributed by atoms with Gasteiger partial charge in [-0.3, -0.25) is 4.79 Å². The molecule has 0 bridgehead atoms. The van der Waals surface area contributed by atoms with Gasteiger partial charge in [0.1, 0.15) is 5.65 Å². The van der Waals surface area contributed by atoms with Gasteiger partial charge in [-0.05, 0) is 25.0 Å². The van der Waals surface area contributed by atoms with Crippen LogP contribution in [0.15, 0.2) is 30.6 Å². The van der Waals surface area contributed by atoms with Crippen LogP contribution < -0.4 is 0 Å². The van der Waals surface area contributed by atoms with Gasteiger partial charge in [0.25, 0.3) is 0 Å². The number of carbonyl (C=O) groups excluding carboxylic acids is 1. The Morgan fingerprint density at radius 3 is 3.16 bits per heavy atom. The lowest BCUT2D eigenvalue weighted by molar-refractivity contribution is -0.132. The summed E-state index contributed by atoms with van der Waals surface area (Å²) in [7, 11) is 0. The van der Waals surface area contributed by atoms with Gasteiger partial charge >= 0.3 is 0 Å². The van der Waals surface area contributed by atoms with E-state index in [9.17, 15) is 9.90 Å². The first-order valence-corrected chi connectivity index (χ1v) is 6.61. The molecule has 2 aromatic rings. The minimum Gasteiger partial charge on any atom is -0.394 e. The molecule has 1 fully saturated rings. The maximum absolute atomic E-state index is 12.2. The number of aliphatic hydroxyl groups is 1. The van der Waals surface area contributed by atoms with Gasteiger partial charge in [-0.1, -0.05) is 6.07 Å². The molecule has 0 aliphatic carbocycles.